The smallest absolute Gasteiger partial charge is 0.261 e. The Morgan fingerprint density at radius 3 is 2.88 bits per heavy atom. The lowest BCUT2D eigenvalue weighted by molar-refractivity contribution is 0.0952. The van der Waals surface area contributed by atoms with Gasteiger partial charge < -0.3 is 10.6 Å². The summed E-state index contributed by atoms with van der Waals surface area (Å²) in [7, 11) is 0. The summed E-state index contributed by atoms with van der Waals surface area (Å²) in [6.45, 7) is 7.50. The summed E-state index contributed by atoms with van der Waals surface area (Å²) in [4.78, 5) is 23.9. The van der Waals surface area contributed by atoms with Gasteiger partial charge in [0.2, 0.25) is 0 Å². The molecule has 0 aliphatic carbocycles. The van der Waals surface area contributed by atoms with E-state index in [0.29, 0.717) is 23.9 Å². The van der Waals surface area contributed by atoms with E-state index in [1.54, 1.807) is 17.7 Å². The van der Waals surface area contributed by atoms with Crippen LogP contribution in [0.5, 0.6) is 0 Å². The predicted octanol–water partition coefficient (Wildman–Crippen LogP) is 4.06. The number of amides is 1. The summed E-state index contributed by atoms with van der Waals surface area (Å²) in [5, 5.41) is 9.34. The predicted molar refractivity (Wildman–Crippen MR) is 101 cm³/mol. The van der Waals surface area contributed by atoms with Crippen LogP contribution in [0.3, 0.4) is 0 Å². The van der Waals surface area contributed by atoms with E-state index in [9.17, 15) is 4.79 Å². The summed E-state index contributed by atoms with van der Waals surface area (Å²) in [6.07, 6.45) is 1.55. The van der Waals surface area contributed by atoms with Gasteiger partial charge in [-0.1, -0.05) is 19.9 Å². The molecule has 0 bridgehead atoms. The van der Waals surface area contributed by atoms with Gasteiger partial charge in [0.05, 0.1) is 16.8 Å². The van der Waals surface area contributed by atoms with E-state index in [4.69, 9.17) is 0 Å². The third kappa shape index (κ3) is 3.57. The van der Waals surface area contributed by atoms with Gasteiger partial charge in [-0.2, -0.15) is 0 Å². The third-order valence-corrected chi connectivity index (χ3v) is 5.69. The van der Waals surface area contributed by atoms with Crippen LogP contribution in [0.4, 0.5) is 5.82 Å². The molecule has 0 aliphatic rings. The highest BCUT2D eigenvalue weighted by atomic mass is 32.1. The molecule has 24 heavy (non-hydrogen) atoms. The first-order valence-corrected chi connectivity index (χ1v) is 9.54. The average Bonchev–Trinajstić information content (AvgIpc) is 3.19. The van der Waals surface area contributed by atoms with Gasteiger partial charge in [-0.3, -0.25) is 4.79 Å². The molecule has 5 nitrogen and oxygen atoms in total. The maximum atomic E-state index is 12.4. The van der Waals surface area contributed by atoms with E-state index in [0.717, 1.165) is 21.6 Å². The lowest BCUT2D eigenvalue weighted by atomic mass is 10.2. The summed E-state index contributed by atoms with van der Waals surface area (Å²) in [5.74, 6) is 1.17. The van der Waals surface area contributed by atoms with Crippen LogP contribution in [0.2, 0.25) is 0 Å². The van der Waals surface area contributed by atoms with Crippen molar-refractivity contribution in [3.63, 3.8) is 0 Å². The Bertz CT molecular complexity index is 840. The van der Waals surface area contributed by atoms with Crippen molar-refractivity contribution in [3.05, 3.63) is 39.2 Å². The lowest BCUT2D eigenvalue weighted by Crippen LogP contribution is -2.27. The Morgan fingerprint density at radius 1 is 1.33 bits per heavy atom. The van der Waals surface area contributed by atoms with Gasteiger partial charge in [-0.15, -0.1) is 22.7 Å². The van der Waals surface area contributed by atoms with Crippen molar-refractivity contribution < 1.29 is 4.79 Å². The molecule has 0 saturated carbocycles. The fourth-order valence-electron chi connectivity index (χ4n) is 2.38. The molecule has 0 saturated heterocycles. The fourth-order valence-corrected chi connectivity index (χ4v) is 4.09. The van der Waals surface area contributed by atoms with Gasteiger partial charge in [-0.05, 0) is 29.9 Å². The molecule has 3 rings (SSSR count). The Kier molecular flexibility index (Phi) is 5.11. The molecule has 0 aromatic carbocycles. The molecular weight excluding hydrogens is 340 g/mol. The van der Waals surface area contributed by atoms with E-state index < -0.39 is 0 Å². The first kappa shape index (κ1) is 16.9. The number of aryl methyl sites for hydroxylation is 1. The molecule has 7 heteroatoms. The molecule has 0 fully saturated rings. The molecule has 0 radical (unpaired) electrons. The summed E-state index contributed by atoms with van der Waals surface area (Å²) in [6, 6.07) is 4.12. The highest BCUT2D eigenvalue weighted by Crippen LogP contribution is 2.33. The van der Waals surface area contributed by atoms with Gasteiger partial charge in [0.25, 0.3) is 5.91 Å². The van der Waals surface area contributed by atoms with E-state index in [1.807, 2.05) is 13.0 Å². The molecule has 2 N–H and O–H groups in total. The average molecular weight is 361 g/mol. The number of hydrogen-bond acceptors (Lipinski definition) is 6. The van der Waals surface area contributed by atoms with E-state index in [2.05, 4.69) is 45.9 Å². The quantitative estimate of drug-likeness (QED) is 0.696. The number of fused-ring (bicyclic) bond motifs is 1. The number of hydrogen-bond donors (Lipinski definition) is 2. The first-order chi connectivity index (χ1) is 11.6. The number of nitrogens with one attached hydrogen (secondary N) is 2. The molecule has 0 spiro atoms. The topological polar surface area (TPSA) is 66.9 Å². The minimum absolute atomic E-state index is 0.0339. The standard InChI is InChI=1S/C17H20N4OS2/c1-10(2)7-19-16(22)14-11(3)13-15(20-9-21-17(13)24-14)18-8-12-5-4-6-23-12/h4-6,9-10H,7-8H2,1-3H3,(H,19,22)(H,18,20,21). The van der Waals surface area contributed by atoms with Gasteiger partial charge in [0, 0.05) is 11.4 Å². The second-order valence-corrected chi connectivity index (χ2v) is 8.03. The van der Waals surface area contributed by atoms with Crippen LogP contribution < -0.4 is 10.6 Å². The van der Waals surface area contributed by atoms with E-state index >= 15 is 0 Å². The van der Waals surface area contributed by atoms with Crippen LogP contribution in [0, 0.1) is 12.8 Å². The van der Waals surface area contributed by atoms with Crippen LogP contribution in [-0.4, -0.2) is 22.4 Å². The number of anilines is 1. The first-order valence-electron chi connectivity index (χ1n) is 7.84. The zero-order chi connectivity index (χ0) is 17.1. The molecule has 3 aromatic heterocycles. The Hall–Kier alpha value is -1.99. The van der Waals surface area contributed by atoms with Crippen molar-refractivity contribution in [2.24, 2.45) is 5.92 Å². The highest BCUT2D eigenvalue weighted by Gasteiger charge is 2.19. The Morgan fingerprint density at radius 2 is 2.17 bits per heavy atom. The molecule has 3 aromatic rings. The van der Waals surface area contributed by atoms with E-state index in [1.165, 1.54) is 16.2 Å². The van der Waals surface area contributed by atoms with E-state index in [-0.39, 0.29) is 5.91 Å². The molecular formula is C17H20N4OS2. The summed E-state index contributed by atoms with van der Waals surface area (Å²) < 4.78 is 0. The molecule has 1 amide bonds. The normalized spacial score (nSPS) is 11.2. The number of rotatable bonds is 6. The second kappa shape index (κ2) is 7.27. The van der Waals surface area contributed by atoms with Crippen LogP contribution in [-0.2, 0) is 6.54 Å². The number of carbonyl (C=O) groups excluding carboxylic acids is 1. The monoisotopic (exact) mass is 360 g/mol. The number of aromatic nitrogens is 2. The highest BCUT2D eigenvalue weighted by molar-refractivity contribution is 7.20. The van der Waals surface area contributed by atoms with Crippen LogP contribution in [0.25, 0.3) is 10.2 Å². The van der Waals surface area contributed by atoms with Gasteiger partial charge >= 0.3 is 0 Å². The molecule has 126 valence electrons. The largest absolute Gasteiger partial charge is 0.365 e. The van der Waals surface area contributed by atoms with Crippen molar-refractivity contribution in [2.45, 2.75) is 27.3 Å². The zero-order valence-corrected chi connectivity index (χ0v) is 15.6. The molecule has 3 heterocycles. The van der Waals surface area contributed by atoms with Crippen molar-refractivity contribution in [2.75, 3.05) is 11.9 Å². The van der Waals surface area contributed by atoms with Crippen LogP contribution in [0.15, 0.2) is 23.8 Å². The van der Waals surface area contributed by atoms with Crippen molar-refractivity contribution >= 4 is 44.6 Å². The SMILES string of the molecule is Cc1c(C(=O)NCC(C)C)sc2ncnc(NCc3cccs3)c12. The number of nitrogens with zero attached hydrogens (tertiary/aromatic N) is 2. The zero-order valence-electron chi connectivity index (χ0n) is 13.9. The van der Waals surface area contributed by atoms with Gasteiger partial charge in [0.15, 0.2) is 0 Å². The van der Waals surface area contributed by atoms with Gasteiger partial charge in [-0.25, -0.2) is 9.97 Å². The molecule has 0 unspecified atom stereocenters. The third-order valence-electron chi connectivity index (χ3n) is 3.61. The lowest BCUT2D eigenvalue weighted by Gasteiger charge is -2.07. The van der Waals surface area contributed by atoms with Crippen LogP contribution >= 0.6 is 22.7 Å². The van der Waals surface area contributed by atoms with Crippen molar-refractivity contribution in [1.29, 1.82) is 0 Å². The van der Waals surface area contributed by atoms with Gasteiger partial charge in [0.1, 0.15) is 17.0 Å². The Balaban J connectivity index is 1.87. The maximum Gasteiger partial charge on any atom is 0.261 e. The number of thiophene rings is 2. The summed E-state index contributed by atoms with van der Waals surface area (Å²) >= 11 is 3.12. The van der Waals surface area contributed by atoms with Crippen molar-refractivity contribution in [3.8, 4) is 0 Å². The minimum atomic E-state index is -0.0339. The molecule has 0 atom stereocenters. The summed E-state index contributed by atoms with van der Waals surface area (Å²) in [5.41, 5.74) is 0.936. The van der Waals surface area contributed by atoms with Crippen LogP contribution in [0.1, 0.15) is 34.0 Å². The fraction of sp³-hybridized carbons (Fsp3) is 0.353. The second-order valence-electron chi connectivity index (χ2n) is 6.00. The minimum Gasteiger partial charge on any atom is -0.365 e. The Labute approximate surface area is 149 Å². The van der Waals surface area contributed by atoms with Crippen molar-refractivity contribution in [1.82, 2.24) is 15.3 Å². The molecule has 0 aliphatic heterocycles. The maximum absolute atomic E-state index is 12.4. The number of carbonyl (C=O) groups is 1.